The third kappa shape index (κ3) is 1.68. The summed E-state index contributed by atoms with van der Waals surface area (Å²) < 4.78 is 0. The van der Waals surface area contributed by atoms with Crippen LogP contribution in [0.5, 0.6) is 0 Å². The second-order valence-electron chi connectivity index (χ2n) is 3.83. The van der Waals surface area contributed by atoms with Gasteiger partial charge in [0.15, 0.2) is 0 Å². The molecule has 1 atom stereocenters. The smallest absolute Gasteiger partial charge is 0.0626 e. The summed E-state index contributed by atoms with van der Waals surface area (Å²) in [7, 11) is 0. The highest BCUT2D eigenvalue weighted by Gasteiger charge is 2.18. The highest BCUT2D eigenvalue weighted by atomic mass is 16.3. The Labute approximate surface area is 85.0 Å². The van der Waals surface area contributed by atoms with E-state index in [4.69, 9.17) is 0 Å². The van der Waals surface area contributed by atoms with Gasteiger partial charge in [-0.25, -0.2) is 0 Å². The fraction of sp³-hybridized carbons (Fsp3) is 0.500. The Morgan fingerprint density at radius 3 is 3.07 bits per heavy atom. The van der Waals surface area contributed by atoms with Crippen molar-refractivity contribution in [1.29, 1.82) is 0 Å². The average molecular weight is 191 g/mol. The molecule has 76 valence electrons. The zero-order valence-corrected chi connectivity index (χ0v) is 8.59. The number of hydrogen-bond donors (Lipinski definition) is 2. The number of benzene rings is 1. The second-order valence-corrected chi connectivity index (χ2v) is 3.83. The van der Waals surface area contributed by atoms with Crippen molar-refractivity contribution in [3.05, 3.63) is 34.9 Å². The number of rotatable bonds is 2. The molecule has 0 aliphatic carbocycles. The Kier molecular flexibility index (Phi) is 2.85. The predicted octanol–water partition coefficient (Wildman–Crippen LogP) is 1.43. The minimum absolute atomic E-state index is 0.144. The minimum atomic E-state index is 0.144. The first kappa shape index (κ1) is 9.69. The molecule has 0 radical (unpaired) electrons. The van der Waals surface area contributed by atoms with Crippen molar-refractivity contribution in [2.24, 2.45) is 0 Å². The Balaban J connectivity index is 2.38. The van der Waals surface area contributed by atoms with E-state index in [0.29, 0.717) is 0 Å². The van der Waals surface area contributed by atoms with E-state index in [1.807, 2.05) is 0 Å². The summed E-state index contributed by atoms with van der Waals surface area (Å²) >= 11 is 0. The maximum Gasteiger partial charge on any atom is 0.0626 e. The fourth-order valence-corrected chi connectivity index (χ4v) is 2.07. The molecular weight excluding hydrogens is 174 g/mol. The van der Waals surface area contributed by atoms with Crippen molar-refractivity contribution in [2.75, 3.05) is 13.2 Å². The third-order valence-electron chi connectivity index (χ3n) is 2.96. The first-order valence-electron chi connectivity index (χ1n) is 5.31. The van der Waals surface area contributed by atoms with Crippen molar-refractivity contribution in [3.63, 3.8) is 0 Å². The minimum Gasteiger partial charge on any atom is -0.394 e. The third-order valence-corrected chi connectivity index (χ3v) is 2.96. The van der Waals surface area contributed by atoms with E-state index < -0.39 is 0 Å². The second kappa shape index (κ2) is 4.11. The number of aliphatic hydroxyl groups excluding tert-OH is 1. The van der Waals surface area contributed by atoms with Gasteiger partial charge in [0.1, 0.15) is 0 Å². The molecule has 0 spiro atoms. The summed E-state index contributed by atoms with van der Waals surface area (Å²) in [5.74, 6) is 0. The lowest BCUT2D eigenvalue weighted by Crippen LogP contribution is -2.32. The van der Waals surface area contributed by atoms with Crippen LogP contribution in [0.4, 0.5) is 0 Å². The molecule has 0 aromatic heterocycles. The Morgan fingerprint density at radius 1 is 1.50 bits per heavy atom. The molecule has 0 fully saturated rings. The molecule has 1 aromatic carbocycles. The van der Waals surface area contributed by atoms with Crippen molar-refractivity contribution in [3.8, 4) is 0 Å². The van der Waals surface area contributed by atoms with E-state index in [9.17, 15) is 5.11 Å². The molecule has 0 saturated carbocycles. The Bertz CT molecular complexity index is 322. The molecule has 0 saturated heterocycles. The molecule has 2 N–H and O–H groups in total. The molecule has 2 heteroatoms. The summed E-state index contributed by atoms with van der Waals surface area (Å²) in [6.07, 6.45) is 2.14. The van der Waals surface area contributed by atoms with Crippen LogP contribution in [0.3, 0.4) is 0 Å². The summed E-state index contributed by atoms with van der Waals surface area (Å²) in [4.78, 5) is 0. The van der Waals surface area contributed by atoms with Crippen molar-refractivity contribution >= 4 is 0 Å². The highest BCUT2D eigenvalue weighted by molar-refractivity contribution is 5.36. The van der Waals surface area contributed by atoms with Crippen LogP contribution in [0.2, 0.25) is 0 Å². The number of fused-ring (bicyclic) bond motifs is 1. The summed E-state index contributed by atoms with van der Waals surface area (Å²) in [6.45, 7) is 3.33. The van der Waals surface area contributed by atoms with Crippen LogP contribution in [0.15, 0.2) is 18.2 Å². The van der Waals surface area contributed by atoms with Crippen LogP contribution in [0.1, 0.15) is 29.7 Å². The fourth-order valence-electron chi connectivity index (χ4n) is 2.07. The zero-order chi connectivity index (χ0) is 9.97. The lowest BCUT2D eigenvalue weighted by atomic mass is 9.92. The largest absolute Gasteiger partial charge is 0.394 e. The Morgan fingerprint density at radius 2 is 2.36 bits per heavy atom. The first-order valence-corrected chi connectivity index (χ1v) is 5.31. The molecular formula is C12H17NO. The molecule has 1 aromatic rings. The van der Waals surface area contributed by atoms with Gasteiger partial charge in [-0.15, -0.1) is 0 Å². The monoisotopic (exact) mass is 191 g/mol. The van der Waals surface area contributed by atoms with Gasteiger partial charge in [-0.1, -0.05) is 25.1 Å². The van der Waals surface area contributed by atoms with Crippen molar-refractivity contribution in [2.45, 2.75) is 25.8 Å². The van der Waals surface area contributed by atoms with Gasteiger partial charge in [0.25, 0.3) is 0 Å². The molecule has 1 aliphatic rings. The normalized spacial score (nSPS) is 20.6. The van der Waals surface area contributed by atoms with E-state index in [0.717, 1.165) is 19.4 Å². The molecule has 0 unspecified atom stereocenters. The molecule has 2 rings (SSSR count). The van der Waals surface area contributed by atoms with Gasteiger partial charge < -0.3 is 10.4 Å². The Hall–Kier alpha value is -0.860. The molecule has 0 bridgehead atoms. The molecule has 14 heavy (non-hydrogen) atoms. The van der Waals surface area contributed by atoms with Crippen LogP contribution in [0.25, 0.3) is 0 Å². The van der Waals surface area contributed by atoms with Crippen LogP contribution >= 0.6 is 0 Å². The van der Waals surface area contributed by atoms with Crippen molar-refractivity contribution < 1.29 is 5.11 Å². The molecule has 2 nitrogen and oxygen atoms in total. The number of nitrogens with one attached hydrogen (secondary N) is 1. The van der Waals surface area contributed by atoms with E-state index >= 15 is 0 Å². The van der Waals surface area contributed by atoms with Gasteiger partial charge in [-0.05, 0) is 36.1 Å². The highest BCUT2D eigenvalue weighted by Crippen LogP contribution is 2.23. The topological polar surface area (TPSA) is 32.3 Å². The van der Waals surface area contributed by atoms with E-state index in [-0.39, 0.29) is 12.6 Å². The standard InChI is InChI=1S/C12H17NO/c1-2-9-3-4-10-5-6-13-12(8-14)11(10)7-9/h3-4,7,12-14H,2,5-6,8H2,1H3/t12-/m1/s1. The average Bonchev–Trinajstić information content (AvgIpc) is 2.27. The van der Waals surface area contributed by atoms with Gasteiger partial charge in [0, 0.05) is 0 Å². The van der Waals surface area contributed by atoms with Gasteiger partial charge in [-0.2, -0.15) is 0 Å². The van der Waals surface area contributed by atoms with Gasteiger partial charge in [0.05, 0.1) is 12.6 Å². The van der Waals surface area contributed by atoms with E-state index in [1.165, 1.54) is 16.7 Å². The lowest BCUT2D eigenvalue weighted by Gasteiger charge is -2.25. The predicted molar refractivity (Wildman–Crippen MR) is 57.4 cm³/mol. The van der Waals surface area contributed by atoms with Crippen LogP contribution in [0, 0.1) is 0 Å². The van der Waals surface area contributed by atoms with Crippen LogP contribution in [-0.4, -0.2) is 18.3 Å². The van der Waals surface area contributed by atoms with Crippen LogP contribution in [-0.2, 0) is 12.8 Å². The summed E-state index contributed by atoms with van der Waals surface area (Å²) in [6, 6.07) is 6.77. The number of hydrogen-bond acceptors (Lipinski definition) is 2. The zero-order valence-electron chi connectivity index (χ0n) is 8.59. The number of aryl methyl sites for hydroxylation is 1. The van der Waals surface area contributed by atoms with Crippen molar-refractivity contribution in [1.82, 2.24) is 5.32 Å². The molecule has 1 aliphatic heterocycles. The maximum absolute atomic E-state index is 9.24. The first-order chi connectivity index (χ1) is 6.85. The van der Waals surface area contributed by atoms with Crippen LogP contribution < -0.4 is 5.32 Å². The van der Waals surface area contributed by atoms with Gasteiger partial charge in [0.2, 0.25) is 0 Å². The van der Waals surface area contributed by atoms with E-state index in [2.05, 4.69) is 30.4 Å². The summed E-state index contributed by atoms with van der Waals surface area (Å²) in [5, 5.41) is 12.6. The lowest BCUT2D eigenvalue weighted by molar-refractivity contribution is 0.240. The number of aliphatic hydroxyl groups is 1. The summed E-state index contributed by atoms with van der Waals surface area (Å²) in [5.41, 5.74) is 4.03. The van der Waals surface area contributed by atoms with Gasteiger partial charge >= 0.3 is 0 Å². The van der Waals surface area contributed by atoms with E-state index in [1.54, 1.807) is 0 Å². The van der Waals surface area contributed by atoms with Gasteiger partial charge in [-0.3, -0.25) is 0 Å². The molecule has 1 heterocycles. The SMILES string of the molecule is CCc1ccc2c(c1)[C@@H](CO)NCC2. The molecule has 0 amide bonds. The maximum atomic E-state index is 9.24. The quantitative estimate of drug-likeness (QED) is 0.741.